The molecule has 2 saturated carbocycles. The molecule has 3 N–H and O–H groups in total. The van der Waals surface area contributed by atoms with Crippen molar-refractivity contribution in [3.05, 3.63) is 59.2 Å². The molecule has 2 aromatic carbocycles. The van der Waals surface area contributed by atoms with Gasteiger partial charge in [0.25, 0.3) is 0 Å². The zero-order chi connectivity index (χ0) is 25.9. The molecule has 0 radical (unpaired) electrons. The molecule has 0 amide bonds. The molecule has 2 aliphatic heterocycles. The molecule has 1 spiro atoms. The zero-order valence-electron chi connectivity index (χ0n) is 21.9. The lowest BCUT2D eigenvalue weighted by atomic mass is 9.48. The number of piperidine rings is 1. The van der Waals surface area contributed by atoms with Crippen LogP contribution in [0.2, 0.25) is 0 Å². The van der Waals surface area contributed by atoms with E-state index in [1.54, 1.807) is 6.07 Å². The van der Waals surface area contributed by atoms with Crippen molar-refractivity contribution in [3.8, 4) is 11.5 Å². The first-order valence-electron chi connectivity index (χ1n) is 14.4. The van der Waals surface area contributed by atoms with Gasteiger partial charge >= 0.3 is 5.97 Å². The summed E-state index contributed by atoms with van der Waals surface area (Å²) in [6.45, 7) is 2.69. The molecule has 2 heterocycles. The smallest absolute Gasteiger partial charge is 0.317 e. The van der Waals surface area contributed by atoms with E-state index in [1.807, 2.05) is 0 Å². The average Bonchev–Trinajstić information content (AvgIpc) is 3.66. The Hall–Kier alpha value is -2.61. The minimum absolute atomic E-state index is 0.0992. The number of phenolic OH excluding ortho intramolecular Hbond substituents is 1. The Bertz CT molecular complexity index is 1220. The van der Waals surface area contributed by atoms with Crippen LogP contribution in [0.15, 0.2) is 42.5 Å². The number of nitrogens with one attached hydrogen (secondary N) is 1. The monoisotopic (exact) mass is 518 g/mol. The van der Waals surface area contributed by atoms with Gasteiger partial charge in [-0.05, 0) is 81.0 Å². The fourth-order valence-electron chi connectivity index (χ4n) is 8.35. The van der Waals surface area contributed by atoms with Gasteiger partial charge in [0.05, 0.1) is 17.6 Å². The van der Waals surface area contributed by atoms with Crippen LogP contribution in [0.5, 0.6) is 11.5 Å². The first-order valence-corrected chi connectivity index (χ1v) is 14.4. The summed E-state index contributed by atoms with van der Waals surface area (Å²) < 4.78 is 13.9. The van der Waals surface area contributed by atoms with Crippen LogP contribution in [-0.4, -0.2) is 71.1 Å². The Morgan fingerprint density at radius 1 is 1.13 bits per heavy atom. The van der Waals surface area contributed by atoms with E-state index in [2.05, 4.69) is 46.6 Å². The maximum atomic E-state index is 11.5. The summed E-state index contributed by atoms with van der Waals surface area (Å²) in [4.78, 5) is 14.2. The number of aryl methyl sites for hydroxylation is 1. The van der Waals surface area contributed by atoms with Crippen LogP contribution in [0.3, 0.4) is 0 Å². The standard InChI is InChI=1S/C31H38N2O5/c34-24-11-10-22-17-25-31(37-16-4-7-20-5-2-1-3-6-20)13-12-23(32-18-26(35)36)29-30(31,27(22)28(24)38-29)14-15-33(25)19-21-8-9-21/h1-3,5-6,10-11,21,23,25,29,32,34H,4,7-9,12-19H2,(H,35,36)/t23-,25?,29-,30-,31+/m0/s1. The van der Waals surface area contributed by atoms with Gasteiger partial charge in [0.15, 0.2) is 11.5 Å². The van der Waals surface area contributed by atoms with E-state index in [1.165, 1.54) is 24.0 Å². The summed E-state index contributed by atoms with van der Waals surface area (Å²) in [7, 11) is 0. The number of carboxylic acids is 1. The van der Waals surface area contributed by atoms with Gasteiger partial charge in [0, 0.05) is 30.8 Å². The first-order chi connectivity index (χ1) is 18.5. The van der Waals surface area contributed by atoms with Crippen molar-refractivity contribution in [3.63, 3.8) is 0 Å². The number of carbonyl (C=O) groups is 1. The largest absolute Gasteiger partial charge is 0.504 e. The molecule has 7 heteroatoms. The van der Waals surface area contributed by atoms with E-state index in [0.29, 0.717) is 12.4 Å². The van der Waals surface area contributed by atoms with Crippen LogP contribution in [0.1, 0.15) is 55.2 Å². The molecule has 1 saturated heterocycles. The molecule has 2 aromatic rings. The highest BCUT2D eigenvalue weighted by Crippen LogP contribution is 2.66. The summed E-state index contributed by atoms with van der Waals surface area (Å²) in [5.41, 5.74) is 2.89. The molecule has 3 aliphatic carbocycles. The molecule has 7 nitrogen and oxygen atoms in total. The Kier molecular flexibility index (Phi) is 5.95. The molecule has 5 aliphatic rings. The molecule has 5 atom stereocenters. The van der Waals surface area contributed by atoms with Crippen LogP contribution >= 0.6 is 0 Å². The summed E-state index contributed by atoms with van der Waals surface area (Å²) in [6.07, 6.45) is 7.74. The Morgan fingerprint density at radius 2 is 1.97 bits per heavy atom. The highest BCUT2D eigenvalue weighted by atomic mass is 16.5. The second kappa shape index (κ2) is 9.25. The van der Waals surface area contributed by atoms with Gasteiger partial charge in [0.2, 0.25) is 0 Å². The molecule has 3 fully saturated rings. The highest BCUT2D eigenvalue weighted by molar-refractivity contribution is 5.69. The van der Waals surface area contributed by atoms with Gasteiger partial charge in [-0.1, -0.05) is 36.4 Å². The summed E-state index contributed by atoms with van der Waals surface area (Å²) >= 11 is 0. The van der Waals surface area contributed by atoms with Crippen molar-refractivity contribution in [2.45, 2.75) is 80.6 Å². The molecule has 38 heavy (non-hydrogen) atoms. The van der Waals surface area contributed by atoms with Gasteiger partial charge in [-0.3, -0.25) is 9.69 Å². The third-order valence-electron chi connectivity index (χ3n) is 10.1. The topological polar surface area (TPSA) is 91.3 Å². The van der Waals surface area contributed by atoms with Crippen LogP contribution < -0.4 is 10.1 Å². The molecular weight excluding hydrogens is 480 g/mol. The van der Waals surface area contributed by atoms with Gasteiger partial charge in [-0.15, -0.1) is 0 Å². The fraction of sp³-hybridized carbons (Fsp3) is 0.581. The van der Waals surface area contributed by atoms with Crippen LogP contribution in [0.25, 0.3) is 0 Å². The molecule has 202 valence electrons. The third-order valence-corrected chi connectivity index (χ3v) is 10.1. The third kappa shape index (κ3) is 3.69. The van der Waals surface area contributed by atoms with Crippen LogP contribution in [0.4, 0.5) is 0 Å². The quantitative estimate of drug-likeness (QED) is 0.414. The second-order valence-electron chi connectivity index (χ2n) is 12.1. The van der Waals surface area contributed by atoms with Gasteiger partial charge in [-0.25, -0.2) is 0 Å². The predicted octanol–water partition coefficient (Wildman–Crippen LogP) is 3.66. The molecular formula is C31H38N2O5. The number of ether oxygens (including phenoxy) is 2. The highest BCUT2D eigenvalue weighted by Gasteiger charge is 2.74. The number of aromatic hydroxyl groups is 1. The van der Waals surface area contributed by atoms with Crippen molar-refractivity contribution in [2.24, 2.45) is 5.92 Å². The second-order valence-corrected chi connectivity index (χ2v) is 12.1. The first kappa shape index (κ1) is 24.4. The molecule has 0 aromatic heterocycles. The number of rotatable bonds is 10. The predicted molar refractivity (Wildman–Crippen MR) is 143 cm³/mol. The molecule has 2 bridgehead atoms. The minimum atomic E-state index is -0.865. The zero-order valence-corrected chi connectivity index (χ0v) is 21.9. The lowest BCUT2D eigenvalue weighted by molar-refractivity contribution is -0.220. The van der Waals surface area contributed by atoms with E-state index in [-0.39, 0.29) is 30.5 Å². The van der Waals surface area contributed by atoms with Crippen LogP contribution in [-0.2, 0) is 27.8 Å². The maximum Gasteiger partial charge on any atom is 0.317 e. The average molecular weight is 519 g/mol. The number of benzene rings is 2. The Balaban J connectivity index is 1.27. The van der Waals surface area contributed by atoms with Crippen LogP contribution in [0, 0.1) is 5.92 Å². The lowest BCUT2D eigenvalue weighted by Gasteiger charge is -2.66. The Morgan fingerprint density at radius 3 is 2.76 bits per heavy atom. The maximum absolute atomic E-state index is 11.5. The number of carboxylic acid groups (broad SMARTS) is 1. The lowest BCUT2D eigenvalue weighted by Crippen LogP contribution is -2.79. The normalized spacial score (nSPS) is 33.0. The molecule has 1 unspecified atom stereocenters. The van der Waals surface area contributed by atoms with Crippen molar-refractivity contribution < 1.29 is 24.5 Å². The number of hydrogen-bond donors (Lipinski definition) is 3. The number of hydrogen-bond acceptors (Lipinski definition) is 6. The van der Waals surface area contributed by atoms with E-state index < -0.39 is 17.0 Å². The van der Waals surface area contributed by atoms with E-state index in [4.69, 9.17) is 9.47 Å². The number of phenols is 1. The van der Waals surface area contributed by atoms with Crippen molar-refractivity contribution >= 4 is 5.97 Å². The number of aliphatic carboxylic acids is 1. The van der Waals surface area contributed by atoms with E-state index >= 15 is 0 Å². The van der Waals surface area contributed by atoms with Gasteiger partial charge < -0.3 is 25.0 Å². The Labute approximate surface area is 224 Å². The van der Waals surface area contributed by atoms with Gasteiger partial charge in [-0.2, -0.15) is 0 Å². The van der Waals surface area contributed by atoms with E-state index in [9.17, 15) is 15.0 Å². The summed E-state index contributed by atoms with van der Waals surface area (Å²) in [6, 6.07) is 14.6. The minimum Gasteiger partial charge on any atom is -0.504 e. The summed E-state index contributed by atoms with van der Waals surface area (Å²) in [5, 5.41) is 23.6. The number of nitrogens with zero attached hydrogens (tertiary/aromatic N) is 1. The van der Waals surface area contributed by atoms with Crippen molar-refractivity contribution in [2.75, 3.05) is 26.2 Å². The van der Waals surface area contributed by atoms with Gasteiger partial charge in [0.1, 0.15) is 6.10 Å². The molecule has 7 rings (SSSR count). The number of likely N-dealkylation sites (tertiary alicyclic amines) is 1. The van der Waals surface area contributed by atoms with E-state index in [0.717, 1.165) is 63.1 Å². The fourth-order valence-corrected chi connectivity index (χ4v) is 8.35. The van der Waals surface area contributed by atoms with Crippen molar-refractivity contribution in [1.82, 2.24) is 10.2 Å². The SMILES string of the molecule is O=C(O)CN[C@H]1CC[C@@]2(OCCCc3ccccc3)C3Cc4ccc(O)c5c4[C@@]2(CCN3CC2CC2)[C@H]1O5. The van der Waals surface area contributed by atoms with Crippen molar-refractivity contribution in [1.29, 1.82) is 0 Å². The summed E-state index contributed by atoms with van der Waals surface area (Å²) in [5.74, 6) is 0.709.